The summed E-state index contributed by atoms with van der Waals surface area (Å²) in [7, 11) is 0. The fourth-order valence-electron chi connectivity index (χ4n) is 9.17. The highest BCUT2D eigenvalue weighted by Crippen LogP contribution is 2.44. The number of rotatable bonds is 5. The minimum atomic E-state index is 0.575. The van der Waals surface area contributed by atoms with Gasteiger partial charge in [-0.05, 0) is 87.6 Å². The van der Waals surface area contributed by atoms with Crippen molar-refractivity contribution in [1.82, 2.24) is 19.5 Å². The standard InChI is InChI=1S/C55H32N4OS/c1-3-13-33(14-4-1)35-24-27-48-43(30-35)44-31-37(25-28-49(44)60-48)36-23-26-47-42(29-36)40-19-9-11-21-46(40)59(47)55-57-53(34-15-5-2-6-16-34)56-54(58-55)51-39-18-8-7-17-38(39)32-45-41-20-10-12-22-50(41)61-52(45)51/h1-32H. The Hall–Kier alpha value is -7.93. The maximum absolute atomic E-state index is 6.34. The first-order valence-corrected chi connectivity index (χ1v) is 21.2. The van der Waals surface area contributed by atoms with Gasteiger partial charge in [0.15, 0.2) is 11.6 Å². The molecule has 0 N–H and O–H groups in total. The quantitative estimate of drug-likeness (QED) is 0.174. The van der Waals surface area contributed by atoms with Crippen LogP contribution in [0.25, 0.3) is 126 Å². The van der Waals surface area contributed by atoms with Gasteiger partial charge < -0.3 is 4.42 Å². The van der Waals surface area contributed by atoms with E-state index in [1.807, 2.05) is 18.2 Å². The second-order valence-corrected chi connectivity index (χ2v) is 16.6. The first-order chi connectivity index (χ1) is 30.2. The van der Waals surface area contributed by atoms with Crippen molar-refractivity contribution < 1.29 is 4.42 Å². The number of nitrogens with zero attached hydrogens (tertiary/aromatic N) is 4. The van der Waals surface area contributed by atoms with Gasteiger partial charge in [0.2, 0.25) is 5.95 Å². The van der Waals surface area contributed by atoms with Crippen LogP contribution in [0.4, 0.5) is 0 Å². The first-order valence-electron chi connectivity index (χ1n) is 20.4. The predicted molar refractivity (Wildman–Crippen MR) is 254 cm³/mol. The Morgan fingerprint density at radius 2 is 0.951 bits per heavy atom. The summed E-state index contributed by atoms with van der Waals surface area (Å²) in [5.41, 5.74) is 10.4. The zero-order valence-electron chi connectivity index (χ0n) is 32.6. The van der Waals surface area contributed by atoms with E-state index in [2.05, 4.69) is 180 Å². The van der Waals surface area contributed by atoms with E-state index in [0.717, 1.165) is 76.8 Å². The lowest BCUT2D eigenvalue weighted by Gasteiger charge is -2.13. The summed E-state index contributed by atoms with van der Waals surface area (Å²) in [5, 5.41) is 9.17. The smallest absolute Gasteiger partial charge is 0.238 e. The first kappa shape index (κ1) is 34.0. The molecule has 0 saturated heterocycles. The molecule has 9 aromatic carbocycles. The third kappa shape index (κ3) is 5.36. The molecular weight excluding hydrogens is 765 g/mol. The third-order valence-electron chi connectivity index (χ3n) is 12.1. The van der Waals surface area contributed by atoms with Crippen LogP contribution in [-0.2, 0) is 0 Å². The number of hydrogen-bond donors (Lipinski definition) is 0. The van der Waals surface area contributed by atoms with E-state index in [1.165, 1.54) is 31.3 Å². The highest BCUT2D eigenvalue weighted by atomic mass is 32.1. The van der Waals surface area contributed by atoms with Crippen molar-refractivity contribution >= 4 is 86.0 Å². The van der Waals surface area contributed by atoms with E-state index < -0.39 is 0 Å². The van der Waals surface area contributed by atoms with E-state index in [-0.39, 0.29) is 0 Å². The molecule has 0 spiro atoms. The van der Waals surface area contributed by atoms with Crippen LogP contribution in [0.2, 0.25) is 0 Å². The van der Waals surface area contributed by atoms with Crippen molar-refractivity contribution in [2.75, 3.05) is 0 Å². The third-order valence-corrected chi connectivity index (χ3v) is 13.3. The largest absolute Gasteiger partial charge is 0.456 e. The van der Waals surface area contributed by atoms with Crippen molar-refractivity contribution in [2.24, 2.45) is 0 Å². The normalized spacial score (nSPS) is 11.9. The Morgan fingerprint density at radius 3 is 1.72 bits per heavy atom. The topological polar surface area (TPSA) is 56.7 Å². The highest BCUT2D eigenvalue weighted by Gasteiger charge is 2.22. The number of furan rings is 1. The van der Waals surface area contributed by atoms with E-state index in [4.69, 9.17) is 19.4 Å². The second kappa shape index (κ2) is 13.3. The van der Waals surface area contributed by atoms with Gasteiger partial charge in [0.25, 0.3) is 0 Å². The molecule has 0 saturated carbocycles. The van der Waals surface area contributed by atoms with Gasteiger partial charge in [0, 0.05) is 52.8 Å². The zero-order chi connectivity index (χ0) is 40.0. The van der Waals surface area contributed by atoms with E-state index >= 15 is 0 Å². The maximum Gasteiger partial charge on any atom is 0.238 e. The zero-order valence-corrected chi connectivity index (χ0v) is 33.4. The Balaban J connectivity index is 1.03. The Kier molecular flexibility index (Phi) is 7.41. The van der Waals surface area contributed by atoms with Crippen molar-refractivity contribution in [2.45, 2.75) is 0 Å². The summed E-state index contributed by atoms with van der Waals surface area (Å²) in [4.78, 5) is 16.0. The summed E-state index contributed by atoms with van der Waals surface area (Å²) < 4.78 is 10.9. The van der Waals surface area contributed by atoms with Crippen molar-refractivity contribution in [3.63, 3.8) is 0 Å². The summed E-state index contributed by atoms with van der Waals surface area (Å²) in [6.07, 6.45) is 0. The van der Waals surface area contributed by atoms with Crippen LogP contribution in [0, 0.1) is 0 Å². The van der Waals surface area contributed by atoms with Gasteiger partial charge in [-0.1, -0.05) is 140 Å². The Morgan fingerprint density at radius 1 is 0.377 bits per heavy atom. The van der Waals surface area contributed by atoms with Crippen LogP contribution in [0.3, 0.4) is 0 Å². The average Bonchev–Trinajstić information content (AvgIpc) is 4.00. The molecule has 61 heavy (non-hydrogen) atoms. The molecule has 13 aromatic rings. The van der Waals surface area contributed by atoms with Gasteiger partial charge in [0.1, 0.15) is 11.2 Å². The molecule has 4 aromatic heterocycles. The van der Waals surface area contributed by atoms with E-state index in [0.29, 0.717) is 17.6 Å². The molecule has 0 fully saturated rings. The number of thiophene rings is 1. The van der Waals surface area contributed by atoms with Crippen molar-refractivity contribution in [3.05, 3.63) is 194 Å². The monoisotopic (exact) mass is 796 g/mol. The number of para-hydroxylation sites is 1. The molecule has 284 valence electrons. The van der Waals surface area contributed by atoms with Gasteiger partial charge in [0.05, 0.1) is 11.0 Å². The van der Waals surface area contributed by atoms with Crippen LogP contribution in [0.15, 0.2) is 199 Å². The molecule has 5 nitrogen and oxygen atoms in total. The Labute approximate surface area is 353 Å². The summed E-state index contributed by atoms with van der Waals surface area (Å²) in [6, 6.07) is 68.5. The van der Waals surface area contributed by atoms with Crippen LogP contribution < -0.4 is 0 Å². The minimum Gasteiger partial charge on any atom is -0.456 e. The van der Waals surface area contributed by atoms with E-state index in [1.54, 1.807) is 11.3 Å². The molecule has 0 amide bonds. The van der Waals surface area contributed by atoms with Crippen molar-refractivity contribution in [3.8, 4) is 51.0 Å². The molecular formula is C55H32N4OS. The van der Waals surface area contributed by atoms with Crippen molar-refractivity contribution in [1.29, 1.82) is 0 Å². The molecule has 0 aliphatic rings. The highest BCUT2D eigenvalue weighted by molar-refractivity contribution is 7.26. The van der Waals surface area contributed by atoms with Crippen LogP contribution in [0.5, 0.6) is 0 Å². The molecule has 0 atom stereocenters. The van der Waals surface area contributed by atoms with Gasteiger partial charge in [-0.3, -0.25) is 4.57 Å². The summed E-state index contributed by atoms with van der Waals surface area (Å²) in [6.45, 7) is 0. The van der Waals surface area contributed by atoms with Gasteiger partial charge in [-0.25, -0.2) is 4.98 Å². The van der Waals surface area contributed by atoms with Crippen LogP contribution in [-0.4, -0.2) is 19.5 Å². The predicted octanol–water partition coefficient (Wildman–Crippen LogP) is 15.1. The Bertz CT molecular complexity index is 3880. The molecule has 0 radical (unpaired) electrons. The molecule has 0 bridgehead atoms. The average molecular weight is 797 g/mol. The summed E-state index contributed by atoms with van der Waals surface area (Å²) in [5.74, 6) is 1.85. The molecule has 0 aliphatic heterocycles. The summed E-state index contributed by atoms with van der Waals surface area (Å²) >= 11 is 1.80. The van der Waals surface area contributed by atoms with Gasteiger partial charge in [-0.15, -0.1) is 11.3 Å². The SMILES string of the molecule is c1ccc(-c2ccc3oc4ccc(-c5ccc6c(c5)c5ccccc5n6-c5nc(-c6ccccc6)nc(-c6c7ccccc7cc7c6sc6ccccc67)n5)cc4c3c2)cc1. The molecule has 13 rings (SSSR count). The van der Waals surface area contributed by atoms with Gasteiger partial charge >= 0.3 is 0 Å². The second-order valence-electron chi connectivity index (χ2n) is 15.6. The van der Waals surface area contributed by atoms with Crippen LogP contribution >= 0.6 is 11.3 Å². The molecule has 6 heteroatoms. The number of aromatic nitrogens is 4. The lowest BCUT2D eigenvalue weighted by Crippen LogP contribution is -2.06. The molecule has 0 unspecified atom stereocenters. The lowest BCUT2D eigenvalue weighted by atomic mass is 9.99. The maximum atomic E-state index is 6.34. The fourth-order valence-corrected chi connectivity index (χ4v) is 10.4. The molecule has 0 aliphatic carbocycles. The minimum absolute atomic E-state index is 0.575. The number of fused-ring (bicyclic) bond motifs is 10. The van der Waals surface area contributed by atoms with Gasteiger partial charge in [-0.2, -0.15) is 9.97 Å². The molecule has 4 heterocycles. The number of hydrogen-bond acceptors (Lipinski definition) is 5. The number of benzene rings is 9. The lowest BCUT2D eigenvalue weighted by molar-refractivity contribution is 0.669. The van der Waals surface area contributed by atoms with Crippen LogP contribution in [0.1, 0.15) is 0 Å². The fraction of sp³-hybridized carbons (Fsp3) is 0. The van der Waals surface area contributed by atoms with E-state index in [9.17, 15) is 0 Å².